The molecule has 1 aromatic rings. The van der Waals surface area contributed by atoms with Gasteiger partial charge in [0.2, 0.25) is 5.91 Å². The highest BCUT2D eigenvalue weighted by Crippen LogP contribution is 2.36. The number of hydrogen-bond acceptors (Lipinski definition) is 3. The van der Waals surface area contributed by atoms with E-state index >= 15 is 0 Å². The second kappa shape index (κ2) is 6.66. The largest absolute Gasteiger partial charge is 0.338 e. The third-order valence-electron chi connectivity index (χ3n) is 6.38. The van der Waals surface area contributed by atoms with Crippen LogP contribution in [0.15, 0.2) is 18.2 Å². The summed E-state index contributed by atoms with van der Waals surface area (Å²) in [6.07, 6.45) is 3.82. The fourth-order valence-corrected chi connectivity index (χ4v) is 4.67. The Bertz CT molecular complexity index is 798. The van der Waals surface area contributed by atoms with Gasteiger partial charge in [0, 0.05) is 32.0 Å². The van der Waals surface area contributed by atoms with Gasteiger partial charge in [-0.05, 0) is 43.4 Å². The number of likely N-dealkylation sites (tertiary alicyclic amines) is 1. The molecule has 1 spiro atoms. The monoisotopic (exact) mass is 369 g/mol. The lowest BCUT2D eigenvalue weighted by atomic mass is 9.97. The molecule has 1 aliphatic carbocycles. The molecular weight excluding hydrogens is 342 g/mol. The third-order valence-corrected chi connectivity index (χ3v) is 6.38. The van der Waals surface area contributed by atoms with Crippen LogP contribution in [0.2, 0.25) is 0 Å². The number of carbonyl (C=O) groups is 3. The van der Waals surface area contributed by atoms with Gasteiger partial charge in [-0.2, -0.15) is 0 Å². The summed E-state index contributed by atoms with van der Waals surface area (Å²) >= 11 is 0. The first kappa shape index (κ1) is 18.0. The molecule has 4 rings (SSSR count). The van der Waals surface area contributed by atoms with Gasteiger partial charge in [-0.25, -0.2) is 4.79 Å². The van der Waals surface area contributed by atoms with E-state index in [1.807, 2.05) is 4.90 Å². The summed E-state index contributed by atoms with van der Waals surface area (Å²) < 4.78 is 0. The highest BCUT2D eigenvalue weighted by molar-refractivity contribution is 6.07. The molecule has 6 heteroatoms. The lowest BCUT2D eigenvalue weighted by Crippen LogP contribution is -2.44. The van der Waals surface area contributed by atoms with Crippen molar-refractivity contribution in [1.82, 2.24) is 15.1 Å². The van der Waals surface area contributed by atoms with Gasteiger partial charge in [-0.1, -0.05) is 31.0 Å². The fraction of sp³-hybridized carbons (Fsp3) is 0.571. The molecule has 2 saturated heterocycles. The van der Waals surface area contributed by atoms with Crippen molar-refractivity contribution < 1.29 is 14.4 Å². The topological polar surface area (TPSA) is 69.7 Å². The van der Waals surface area contributed by atoms with Crippen molar-refractivity contribution in [2.24, 2.45) is 5.92 Å². The van der Waals surface area contributed by atoms with E-state index in [9.17, 15) is 14.4 Å². The summed E-state index contributed by atoms with van der Waals surface area (Å²) in [6, 6.07) is 5.97. The number of nitrogens with zero attached hydrogens (tertiary/aromatic N) is 2. The molecule has 1 N–H and O–H groups in total. The molecule has 1 atom stereocenters. The van der Waals surface area contributed by atoms with Crippen LogP contribution in [-0.4, -0.2) is 46.3 Å². The van der Waals surface area contributed by atoms with Gasteiger partial charge in [-0.15, -0.1) is 0 Å². The van der Waals surface area contributed by atoms with Crippen LogP contribution >= 0.6 is 0 Å². The average Bonchev–Trinajstić information content (AvgIpc) is 3.28. The molecule has 1 saturated carbocycles. The van der Waals surface area contributed by atoms with Crippen molar-refractivity contribution >= 4 is 17.8 Å². The highest BCUT2D eigenvalue weighted by Gasteiger charge is 2.53. The first-order valence-corrected chi connectivity index (χ1v) is 9.86. The van der Waals surface area contributed by atoms with E-state index in [-0.39, 0.29) is 23.8 Å². The Morgan fingerprint density at radius 1 is 1.11 bits per heavy atom. The number of hydrogen-bond donors (Lipinski definition) is 1. The molecule has 3 fully saturated rings. The SMILES string of the molecule is Cc1ccc(CN2CC(CN3C(=O)NC4(CCCC4)C3=O)CC2=O)cc1C. The molecule has 144 valence electrons. The summed E-state index contributed by atoms with van der Waals surface area (Å²) in [5.41, 5.74) is 2.91. The third kappa shape index (κ3) is 3.22. The van der Waals surface area contributed by atoms with Crippen LogP contribution in [-0.2, 0) is 16.1 Å². The number of nitrogens with one attached hydrogen (secondary N) is 1. The number of aryl methyl sites for hydroxylation is 2. The zero-order valence-electron chi connectivity index (χ0n) is 16.1. The zero-order chi connectivity index (χ0) is 19.2. The Morgan fingerprint density at radius 3 is 2.56 bits per heavy atom. The van der Waals surface area contributed by atoms with E-state index in [4.69, 9.17) is 0 Å². The van der Waals surface area contributed by atoms with E-state index in [0.717, 1.165) is 31.2 Å². The molecule has 2 aliphatic heterocycles. The minimum Gasteiger partial charge on any atom is -0.338 e. The van der Waals surface area contributed by atoms with Crippen molar-refractivity contribution in [2.45, 2.75) is 58.0 Å². The smallest absolute Gasteiger partial charge is 0.325 e. The quantitative estimate of drug-likeness (QED) is 0.829. The first-order valence-electron chi connectivity index (χ1n) is 9.86. The van der Waals surface area contributed by atoms with Gasteiger partial charge < -0.3 is 10.2 Å². The van der Waals surface area contributed by atoms with Crippen molar-refractivity contribution in [1.29, 1.82) is 0 Å². The standard InChI is InChI=1S/C21H27N3O3/c1-14-5-6-16(9-15(14)2)11-23-12-17(10-18(23)25)13-24-19(26)21(22-20(24)27)7-3-4-8-21/h5-6,9,17H,3-4,7-8,10-13H2,1-2H3,(H,22,27). The van der Waals surface area contributed by atoms with Gasteiger partial charge >= 0.3 is 6.03 Å². The van der Waals surface area contributed by atoms with Gasteiger partial charge in [0.1, 0.15) is 5.54 Å². The van der Waals surface area contributed by atoms with Crippen LogP contribution in [0, 0.1) is 19.8 Å². The number of amides is 4. The van der Waals surface area contributed by atoms with Gasteiger partial charge in [0.15, 0.2) is 0 Å². The molecule has 3 aliphatic rings. The van der Waals surface area contributed by atoms with Crippen LogP contribution in [0.1, 0.15) is 48.8 Å². The number of benzene rings is 1. The summed E-state index contributed by atoms with van der Waals surface area (Å²) in [5, 5.41) is 2.92. The van der Waals surface area contributed by atoms with Crippen LogP contribution in [0.4, 0.5) is 4.79 Å². The Kier molecular flexibility index (Phi) is 4.44. The lowest BCUT2D eigenvalue weighted by Gasteiger charge is -2.22. The minimum atomic E-state index is -0.668. The second-order valence-electron chi connectivity index (χ2n) is 8.40. The molecule has 6 nitrogen and oxygen atoms in total. The van der Waals surface area contributed by atoms with Gasteiger partial charge in [0.25, 0.3) is 5.91 Å². The van der Waals surface area contributed by atoms with Crippen molar-refractivity contribution in [3.05, 3.63) is 34.9 Å². The normalized spacial score (nSPS) is 24.4. The maximum absolute atomic E-state index is 12.8. The molecule has 0 bridgehead atoms. The van der Waals surface area contributed by atoms with E-state index < -0.39 is 5.54 Å². The number of imide groups is 1. The second-order valence-corrected chi connectivity index (χ2v) is 8.40. The fourth-order valence-electron chi connectivity index (χ4n) is 4.67. The Labute approximate surface area is 159 Å². The maximum atomic E-state index is 12.8. The number of carbonyl (C=O) groups excluding carboxylic acids is 3. The predicted molar refractivity (Wildman–Crippen MR) is 101 cm³/mol. The maximum Gasteiger partial charge on any atom is 0.325 e. The zero-order valence-corrected chi connectivity index (χ0v) is 16.1. The van der Waals surface area contributed by atoms with Crippen LogP contribution in [0.5, 0.6) is 0 Å². The predicted octanol–water partition coefficient (Wildman–Crippen LogP) is 2.52. The molecule has 0 radical (unpaired) electrons. The van der Waals surface area contributed by atoms with Crippen molar-refractivity contribution in [3.63, 3.8) is 0 Å². The van der Waals surface area contributed by atoms with Gasteiger partial charge in [0.05, 0.1) is 0 Å². The Morgan fingerprint density at radius 2 is 1.85 bits per heavy atom. The summed E-state index contributed by atoms with van der Waals surface area (Å²) in [7, 11) is 0. The van der Waals surface area contributed by atoms with E-state index in [1.165, 1.54) is 16.0 Å². The van der Waals surface area contributed by atoms with Crippen molar-refractivity contribution in [2.75, 3.05) is 13.1 Å². The lowest BCUT2D eigenvalue weighted by molar-refractivity contribution is -0.132. The molecule has 1 unspecified atom stereocenters. The summed E-state index contributed by atoms with van der Waals surface area (Å²) in [6.45, 7) is 5.66. The van der Waals surface area contributed by atoms with E-state index in [0.29, 0.717) is 26.1 Å². The van der Waals surface area contributed by atoms with Crippen LogP contribution in [0.25, 0.3) is 0 Å². The Hall–Kier alpha value is -2.37. The van der Waals surface area contributed by atoms with E-state index in [1.54, 1.807) is 0 Å². The Balaban J connectivity index is 1.40. The summed E-state index contributed by atoms with van der Waals surface area (Å²) in [4.78, 5) is 40.8. The molecule has 2 heterocycles. The number of urea groups is 1. The molecular formula is C21H27N3O3. The van der Waals surface area contributed by atoms with Crippen LogP contribution in [0.3, 0.4) is 0 Å². The molecule has 0 aromatic heterocycles. The highest BCUT2D eigenvalue weighted by atomic mass is 16.2. The van der Waals surface area contributed by atoms with Crippen LogP contribution < -0.4 is 5.32 Å². The molecule has 27 heavy (non-hydrogen) atoms. The first-order chi connectivity index (χ1) is 12.9. The number of rotatable bonds is 4. The summed E-state index contributed by atoms with van der Waals surface area (Å²) in [5.74, 6) is 0.0150. The van der Waals surface area contributed by atoms with E-state index in [2.05, 4.69) is 37.4 Å². The molecule has 1 aromatic carbocycles. The van der Waals surface area contributed by atoms with Gasteiger partial charge in [-0.3, -0.25) is 14.5 Å². The molecule has 4 amide bonds. The average molecular weight is 369 g/mol. The minimum absolute atomic E-state index is 0.00954. The van der Waals surface area contributed by atoms with Crippen molar-refractivity contribution in [3.8, 4) is 0 Å².